The second-order valence-corrected chi connectivity index (χ2v) is 8.74. The molecule has 4 rings (SSSR count). The Labute approximate surface area is 195 Å². The summed E-state index contributed by atoms with van der Waals surface area (Å²) in [7, 11) is 1.83. The summed E-state index contributed by atoms with van der Waals surface area (Å²) >= 11 is 0. The van der Waals surface area contributed by atoms with Crippen LogP contribution in [-0.4, -0.2) is 31.8 Å². The van der Waals surface area contributed by atoms with Crippen molar-refractivity contribution in [2.45, 2.75) is 45.3 Å². The molecular formula is C24H27F3N6O. The fourth-order valence-corrected chi connectivity index (χ4v) is 4.26. The molecule has 34 heavy (non-hydrogen) atoms. The van der Waals surface area contributed by atoms with Crippen LogP contribution in [0.3, 0.4) is 0 Å². The van der Waals surface area contributed by atoms with Crippen molar-refractivity contribution < 1.29 is 18.0 Å². The number of aromatic nitrogens is 4. The van der Waals surface area contributed by atoms with Crippen molar-refractivity contribution in [2.24, 2.45) is 18.9 Å². The van der Waals surface area contributed by atoms with Crippen LogP contribution in [0.15, 0.2) is 42.9 Å². The van der Waals surface area contributed by atoms with Gasteiger partial charge in [0.25, 0.3) is 0 Å². The van der Waals surface area contributed by atoms with Crippen molar-refractivity contribution in [1.29, 1.82) is 0 Å². The number of nitrogens with zero attached hydrogens (tertiary/aromatic N) is 4. The highest BCUT2D eigenvalue weighted by molar-refractivity contribution is 5.78. The second-order valence-electron chi connectivity index (χ2n) is 8.74. The lowest BCUT2D eigenvalue weighted by molar-refractivity contribution is -0.184. The first-order chi connectivity index (χ1) is 16.2. The Bertz CT molecular complexity index is 1150. The molecule has 3 aromatic rings. The van der Waals surface area contributed by atoms with Crippen LogP contribution in [0.1, 0.15) is 36.8 Å². The Morgan fingerprint density at radius 3 is 2.59 bits per heavy atom. The van der Waals surface area contributed by atoms with Gasteiger partial charge in [-0.1, -0.05) is 12.1 Å². The van der Waals surface area contributed by atoms with E-state index < -0.39 is 12.1 Å². The van der Waals surface area contributed by atoms with Crippen LogP contribution in [0.2, 0.25) is 0 Å². The number of carbonyl (C=O) groups excluding carboxylic acids is 1. The third-order valence-electron chi connectivity index (χ3n) is 6.27. The number of rotatable bonds is 6. The maximum absolute atomic E-state index is 12.8. The molecule has 7 nitrogen and oxygen atoms in total. The number of nitrogens with one attached hydrogen (secondary N) is 2. The van der Waals surface area contributed by atoms with Gasteiger partial charge in [0.1, 0.15) is 0 Å². The van der Waals surface area contributed by atoms with Crippen molar-refractivity contribution in [2.75, 3.05) is 5.32 Å². The molecule has 1 aliphatic rings. The van der Waals surface area contributed by atoms with E-state index in [1.54, 1.807) is 17.1 Å². The molecule has 0 aliphatic heterocycles. The normalized spacial score (nSPS) is 18.5. The summed E-state index contributed by atoms with van der Waals surface area (Å²) < 4.78 is 40.2. The largest absolute Gasteiger partial charge is 0.391 e. The van der Waals surface area contributed by atoms with Gasteiger partial charge in [0, 0.05) is 37.5 Å². The van der Waals surface area contributed by atoms with Crippen LogP contribution in [0.25, 0.3) is 11.3 Å². The number of anilines is 2. The Hall–Kier alpha value is -3.43. The molecule has 1 aromatic carbocycles. The fraction of sp³-hybridized carbons (Fsp3) is 0.417. The van der Waals surface area contributed by atoms with Gasteiger partial charge in [-0.25, -0.2) is 9.97 Å². The molecule has 1 saturated carbocycles. The maximum atomic E-state index is 12.8. The SMILES string of the molecule is Cc1cc(-c2ccnc(Nc3cnn(C)c3)n2)ccc1CNC(=O)[C@H]1CC[C@@H](C(F)(F)F)CC1. The van der Waals surface area contributed by atoms with Crippen LogP contribution in [0, 0.1) is 18.8 Å². The number of hydrogen-bond donors (Lipinski definition) is 2. The zero-order valence-electron chi connectivity index (χ0n) is 19.1. The van der Waals surface area contributed by atoms with Crippen molar-refractivity contribution in [3.8, 4) is 11.3 Å². The summed E-state index contributed by atoms with van der Waals surface area (Å²) in [5.74, 6) is -1.36. The Morgan fingerprint density at radius 2 is 1.94 bits per heavy atom. The van der Waals surface area contributed by atoms with Gasteiger partial charge in [0.2, 0.25) is 11.9 Å². The average Bonchev–Trinajstić information content (AvgIpc) is 3.22. The lowest BCUT2D eigenvalue weighted by atomic mass is 9.81. The molecule has 2 N–H and O–H groups in total. The standard InChI is InChI=1S/C24H27F3N6O/c1-15-11-17(21-9-10-28-23(32-21)31-20-13-30-33(2)14-20)3-4-18(15)12-29-22(34)16-5-7-19(8-6-16)24(25,26)27/h3-4,9-11,13-14,16,19H,5-8,12H2,1-2H3,(H,29,34)(H,28,31,32)/t16-,19+. The highest BCUT2D eigenvalue weighted by atomic mass is 19.4. The summed E-state index contributed by atoms with van der Waals surface area (Å²) in [5, 5.41) is 10.1. The molecule has 10 heteroatoms. The number of hydrogen-bond acceptors (Lipinski definition) is 5. The van der Waals surface area contributed by atoms with E-state index in [0.29, 0.717) is 12.5 Å². The molecule has 1 fully saturated rings. The van der Waals surface area contributed by atoms with Gasteiger partial charge in [0.05, 0.1) is 23.5 Å². The third-order valence-corrected chi connectivity index (χ3v) is 6.27. The van der Waals surface area contributed by atoms with E-state index in [0.717, 1.165) is 28.1 Å². The number of alkyl halides is 3. The van der Waals surface area contributed by atoms with Crippen molar-refractivity contribution in [3.05, 3.63) is 54.0 Å². The van der Waals surface area contributed by atoms with Crippen LogP contribution < -0.4 is 10.6 Å². The van der Waals surface area contributed by atoms with E-state index in [9.17, 15) is 18.0 Å². The quantitative estimate of drug-likeness (QED) is 0.532. The first-order valence-corrected chi connectivity index (χ1v) is 11.2. The predicted octanol–water partition coefficient (Wildman–Crippen LogP) is 4.91. The molecule has 1 aliphatic carbocycles. The van der Waals surface area contributed by atoms with E-state index in [-0.39, 0.29) is 37.5 Å². The number of aryl methyl sites for hydroxylation is 2. The number of benzene rings is 1. The second kappa shape index (κ2) is 9.82. The van der Waals surface area contributed by atoms with Crippen LogP contribution in [-0.2, 0) is 18.4 Å². The minimum Gasteiger partial charge on any atom is -0.352 e. The number of carbonyl (C=O) groups is 1. The highest BCUT2D eigenvalue weighted by Gasteiger charge is 2.42. The molecule has 0 atom stereocenters. The van der Waals surface area contributed by atoms with Gasteiger partial charge >= 0.3 is 6.18 Å². The average molecular weight is 473 g/mol. The molecule has 0 bridgehead atoms. The lowest BCUT2D eigenvalue weighted by Crippen LogP contribution is -2.35. The van der Waals surface area contributed by atoms with Gasteiger partial charge in [-0.2, -0.15) is 18.3 Å². The van der Waals surface area contributed by atoms with Gasteiger partial charge in [0.15, 0.2) is 0 Å². The zero-order chi connectivity index (χ0) is 24.3. The molecular weight excluding hydrogens is 445 g/mol. The summed E-state index contributed by atoms with van der Waals surface area (Å²) in [4.78, 5) is 21.3. The Morgan fingerprint density at radius 1 is 1.18 bits per heavy atom. The van der Waals surface area contributed by atoms with Crippen molar-refractivity contribution in [3.63, 3.8) is 0 Å². The minimum absolute atomic E-state index is 0.0197. The molecule has 180 valence electrons. The predicted molar refractivity (Wildman–Crippen MR) is 122 cm³/mol. The molecule has 0 spiro atoms. The lowest BCUT2D eigenvalue weighted by Gasteiger charge is -2.29. The fourth-order valence-electron chi connectivity index (χ4n) is 4.26. The van der Waals surface area contributed by atoms with E-state index in [1.807, 2.05) is 44.4 Å². The summed E-state index contributed by atoms with van der Waals surface area (Å²) in [5.41, 5.74) is 4.38. The molecule has 2 heterocycles. The molecule has 0 unspecified atom stereocenters. The third kappa shape index (κ3) is 5.73. The number of amides is 1. The molecule has 0 saturated heterocycles. The van der Waals surface area contributed by atoms with Crippen LogP contribution in [0.4, 0.5) is 24.8 Å². The smallest absolute Gasteiger partial charge is 0.352 e. The zero-order valence-corrected chi connectivity index (χ0v) is 19.1. The van der Waals surface area contributed by atoms with E-state index >= 15 is 0 Å². The monoisotopic (exact) mass is 472 g/mol. The summed E-state index contributed by atoms with van der Waals surface area (Å²) in [6.07, 6.45) is 1.61. The molecule has 2 aromatic heterocycles. The topological polar surface area (TPSA) is 84.7 Å². The molecule has 1 amide bonds. The minimum atomic E-state index is -4.17. The number of halogens is 3. The van der Waals surface area contributed by atoms with Gasteiger partial charge in [-0.05, 0) is 55.9 Å². The van der Waals surface area contributed by atoms with E-state index in [1.165, 1.54) is 0 Å². The van der Waals surface area contributed by atoms with Gasteiger partial charge < -0.3 is 10.6 Å². The van der Waals surface area contributed by atoms with Crippen molar-refractivity contribution in [1.82, 2.24) is 25.1 Å². The maximum Gasteiger partial charge on any atom is 0.391 e. The highest BCUT2D eigenvalue weighted by Crippen LogP contribution is 2.39. The van der Waals surface area contributed by atoms with Gasteiger partial charge in [-0.15, -0.1) is 0 Å². The van der Waals surface area contributed by atoms with Crippen molar-refractivity contribution >= 4 is 17.5 Å². The summed E-state index contributed by atoms with van der Waals surface area (Å²) in [6, 6.07) is 7.68. The van der Waals surface area contributed by atoms with Crippen LogP contribution in [0.5, 0.6) is 0 Å². The first kappa shape index (κ1) is 23.7. The van der Waals surface area contributed by atoms with E-state index in [2.05, 4.69) is 25.7 Å². The molecule has 0 radical (unpaired) electrons. The Kier molecular flexibility index (Phi) is 6.85. The Balaban J connectivity index is 1.35. The summed E-state index contributed by atoms with van der Waals surface area (Å²) in [6.45, 7) is 2.29. The van der Waals surface area contributed by atoms with Gasteiger partial charge in [-0.3, -0.25) is 9.48 Å². The van der Waals surface area contributed by atoms with Crippen LogP contribution >= 0.6 is 0 Å². The first-order valence-electron chi connectivity index (χ1n) is 11.2. The van der Waals surface area contributed by atoms with E-state index in [4.69, 9.17) is 0 Å².